The average Bonchev–Trinajstić information content (AvgIpc) is 3.26. The number of hydrogen-bond acceptors (Lipinski definition) is 11. The zero-order chi connectivity index (χ0) is 29.9. The van der Waals surface area contributed by atoms with Crippen LogP contribution in [0.2, 0.25) is 0 Å². The van der Waals surface area contributed by atoms with Gasteiger partial charge in [0.15, 0.2) is 17.1 Å². The van der Waals surface area contributed by atoms with Gasteiger partial charge in [-0.25, -0.2) is 24.8 Å². The number of nitrogen functional groups attached to an aromatic ring is 1. The summed E-state index contributed by atoms with van der Waals surface area (Å²) in [6.07, 6.45) is 6.22. The molecule has 0 saturated carbocycles. The largest absolute Gasteiger partial charge is 0.464 e. The molecule has 0 fully saturated rings. The fraction of sp³-hybridized carbons (Fsp3) is 0.731. The number of nitrogens with one attached hydrogen (secondary N) is 1. The van der Waals surface area contributed by atoms with Gasteiger partial charge in [-0.05, 0) is 48.0 Å². The van der Waals surface area contributed by atoms with Gasteiger partial charge in [0.1, 0.15) is 17.4 Å². The smallest absolute Gasteiger partial charge is 0.338 e. The van der Waals surface area contributed by atoms with Crippen molar-refractivity contribution in [1.29, 1.82) is 0 Å². The van der Waals surface area contributed by atoms with E-state index in [1.807, 2.05) is 6.92 Å². The summed E-state index contributed by atoms with van der Waals surface area (Å²) >= 11 is 0. The second kappa shape index (κ2) is 15.4. The van der Waals surface area contributed by atoms with Gasteiger partial charge >= 0.3 is 11.9 Å². The lowest BCUT2D eigenvalue weighted by Gasteiger charge is -2.31. The number of nitrogens with two attached hydrogens (primary N) is 1. The SMILES string of the molecule is CCCCCCOC(=O)C(C)(C)N[PH](=O)OC(C)(CCO[C@H](C)Cn1cnc2c(N)ncnc21)C(=O)OC(C)C. The normalized spacial score (nSPS) is 15.1. The van der Waals surface area contributed by atoms with Gasteiger partial charge in [0.05, 0.1) is 38.3 Å². The first-order valence-electron chi connectivity index (χ1n) is 13.7. The average molecular weight is 585 g/mol. The van der Waals surface area contributed by atoms with Crippen molar-refractivity contribution in [1.82, 2.24) is 24.6 Å². The summed E-state index contributed by atoms with van der Waals surface area (Å²) in [5.41, 5.74) is 4.08. The minimum Gasteiger partial charge on any atom is -0.464 e. The van der Waals surface area contributed by atoms with Crippen molar-refractivity contribution in [2.45, 2.75) is 110 Å². The zero-order valence-electron chi connectivity index (χ0n) is 24.7. The summed E-state index contributed by atoms with van der Waals surface area (Å²) in [5, 5.41) is 2.69. The Morgan fingerprint density at radius 3 is 2.48 bits per heavy atom. The van der Waals surface area contributed by atoms with Crippen LogP contribution in [0.5, 0.6) is 0 Å². The number of carbonyl (C=O) groups excluding carboxylic acids is 2. The highest BCUT2D eigenvalue weighted by Gasteiger charge is 2.40. The number of fused-ring (bicyclic) bond motifs is 1. The molecule has 40 heavy (non-hydrogen) atoms. The van der Waals surface area contributed by atoms with Crippen LogP contribution < -0.4 is 10.8 Å². The third kappa shape index (κ3) is 10.1. The van der Waals surface area contributed by atoms with Gasteiger partial charge in [0, 0.05) is 6.42 Å². The molecule has 14 heteroatoms. The third-order valence-electron chi connectivity index (χ3n) is 6.11. The predicted molar refractivity (Wildman–Crippen MR) is 152 cm³/mol. The van der Waals surface area contributed by atoms with E-state index in [0.29, 0.717) is 23.5 Å². The van der Waals surface area contributed by atoms with Gasteiger partial charge in [0.2, 0.25) is 0 Å². The van der Waals surface area contributed by atoms with Crippen molar-refractivity contribution in [3.63, 3.8) is 0 Å². The molecule has 3 atom stereocenters. The molecule has 2 aromatic rings. The molecule has 0 amide bonds. The highest BCUT2D eigenvalue weighted by molar-refractivity contribution is 7.36. The van der Waals surface area contributed by atoms with Crippen LogP contribution in [0.1, 0.15) is 80.6 Å². The molecule has 0 spiro atoms. The quantitative estimate of drug-likeness (QED) is 0.148. The van der Waals surface area contributed by atoms with Crippen molar-refractivity contribution in [2.24, 2.45) is 0 Å². The van der Waals surface area contributed by atoms with Gasteiger partial charge in [-0.15, -0.1) is 0 Å². The summed E-state index contributed by atoms with van der Waals surface area (Å²) in [5.74, 6) is -0.933. The van der Waals surface area contributed by atoms with Crippen LogP contribution in [0, 0.1) is 0 Å². The van der Waals surface area contributed by atoms with Gasteiger partial charge < -0.3 is 29.0 Å². The first-order valence-corrected chi connectivity index (χ1v) is 15.0. The van der Waals surface area contributed by atoms with E-state index in [1.54, 1.807) is 38.6 Å². The molecule has 2 aromatic heterocycles. The van der Waals surface area contributed by atoms with Crippen LogP contribution >= 0.6 is 8.18 Å². The molecule has 2 unspecified atom stereocenters. The number of hydrogen-bond donors (Lipinski definition) is 2. The van der Waals surface area contributed by atoms with Crippen molar-refractivity contribution in [3.8, 4) is 0 Å². The molecule has 226 valence electrons. The fourth-order valence-corrected chi connectivity index (χ4v) is 5.02. The Morgan fingerprint density at radius 1 is 1.07 bits per heavy atom. The maximum absolute atomic E-state index is 13.0. The van der Waals surface area contributed by atoms with Gasteiger partial charge in [0.25, 0.3) is 8.18 Å². The summed E-state index contributed by atoms with van der Waals surface area (Å²) < 4.78 is 37.2. The van der Waals surface area contributed by atoms with E-state index in [9.17, 15) is 14.2 Å². The van der Waals surface area contributed by atoms with Crippen molar-refractivity contribution < 1.29 is 32.9 Å². The summed E-state index contributed by atoms with van der Waals surface area (Å²) in [4.78, 5) is 37.9. The third-order valence-corrected chi connectivity index (χ3v) is 7.58. The molecule has 13 nitrogen and oxygen atoms in total. The van der Waals surface area contributed by atoms with E-state index in [-0.39, 0.29) is 25.7 Å². The molecule has 0 aliphatic carbocycles. The Bertz CT molecular complexity index is 1140. The first kappa shape index (κ1) is 33.6. The minimum absolute atomic E-state index is 0.0586. The number of ether oxygens (including phenoxy) is 3. The number of nitrogens with zero attached hydrogens (tertiary/aromatic N) is 4. The Kier molecular flexibility index (Phi) is 12.9. The lowest BCUT2D eigenvalue weighted by Crippen LogP contribution is -2.47. The first-order chi connectivity index (χ1) is 18.8. The molecule has 2 heterocycles. The number of carbonyl (C=O) groups is 2. The number of esters is 2. The van der Waals surface area contributed by atoms with Crippen LogP contribution in [0.3, 0.4) is 0 Å². The lowest BCUT2D eigenvalue weighted by molar-refractivity contribution is -0.166. The van der Waals surface area contributed by atoms with Gasteiger partial charge in [-0.2, -0.15) is 0 Å². The Morgan fingerprint density at radius 2 is 1.80 bits per heavy atom. The lowest BCUT2D eigenvalue weighted by atomic mass is 10.0. The van der Waals surface area contributed by atoms with Gasteiger partial charge in [-0.1, -0.05) is 26.2 Å². The summed E-state index contributed by atoms with van der Waals surface area (Å²) in [6, 6.07) is 0. The van der Waals surface area contributed by atoms with E-state index in [0.717, 1.165) is 25.7 Å². The topological polar surface area (TPSA) is 170 Å². The maximum Gasteiger partial charge on any atom is 0.338 e. The molecule has 0 aliphatic heterocycles. The Balaban J connectivity index is 1.97. The molecular formula is C26H45N6O7P. The minimum atomic E-state index is -3.08. The molecule has 0 aliphatic rings. The molecule has 2 rings (SSSR count). The van der Waals surface area contributed by atoms with Gasteiger partial charge in [-0.3, -0.25) is 9.36 Å². The summed E-state index contributed by atoms with van der Waals surface area (Å²) in [7, 11) is -3.08. The van der Waals surface area contributed by atoms with E-state index in [2.05, 4.69) is 27.0 Å². The highest BCUT2D eigenvalue weighted by atomic mass is 31.1. The number of unbranched alkanes of at least 4 members (excludes halogenated alkanes) is 3. The van der Waals surface area contributed by atoms with Crippen molar-refractivity contribution in [2.75, 3.05) is 18.9 Å². The number of aromatic nitrogens is 4. The van der Waals surface area contributed by atoms with Crippen LogP contribution in [-0.2, 0) is 39.4 Å². The standard InChI is InChI=1S/C26H45N6O7P/c1-8-9-10-11-13-37-23(33)25(5,6)31-40(35)39-26(7,24(34)38-18(2)3)12-14-36-19(4)15-32-17-30-20-21(27)28-16-29-22(20)32/h16-19,40H,8-15H2,1-7H3,(H,31,35)(H2,27,28,29)/t19-,26?/m1/s1. The highest BCUT2D eigenvalue weighted by Crippen LogP contribution is 2.33. The van der Waals surface area contributed by atoms with E-state index in [4.69, 9.17) is 24.5 Å². The zero-order valence-corrected chi connectivity index (χ0v) is 25.7. The maximum atomic E-state index is 13.0. The summed E-state index contributed by atoms with van der Waals surface area (Å²) in [6.45, 7) is 12.8. The monoisotopic (exact) mass is 584 g/mol. The van der Waals surface area contributed by atoms with E-state index in [1.165, 1.54) is 13.3 Å². The second-order valence-electron chi connectivity index (χ2n) is 10.8. The molecule has 0 aromatic carbocycles. The van der Waals surface area contributed by atoms with Crippen LogP contribution in [0.25, 0.3) is 11.2 Å². The predicted octanol–water partition coefficient (Wildman–Crippen LogP) is 3.81. The second-order valence-corrected chi connectivity index (χ2v) is 11.8. The van der Waals surface area contributed by atoms with Crippen LogP contribution in [0.15, 0.2) is 12.7 Å². The van der Waals surface area contributed by atoms with E-state index < -0.39 is 37.4 Å². The van der Waals surface area contributed by atoms with Crippen molar-refractivity contribution >= 4 is 37.1 Å². The van der Waals surface area contributed by atoms with Crippen molar-refractivity contribution in [3.05, 3.63) is 12.7 Å². The van der Waals surface area contributed by atoms with Crippen LogP contribution in [-0.4, -0.2) is 68.0 Å². The Hall–Kier alpha value is -2.60. The molecular weight excluding hydrogens is 539 g/mol. The Labute approximate surface area is 236 Å². The number of anilines is 1. The number of imidazole rings is 1. The molecule has 0 radical (unpaired) electrons. The fourth-order valence-electron chi connectivity index (χ4n) is 3.76. The molecule has 3 N–H and O–H groups in total. The van der Waals surface area contributed by atoms with E-state index >= 15 is 0 Å². The molecule has 0 bridgehead atoms. The molecule has 0 saturated heterocycles. The number of rotatable bonds is 18. The van der Waals surface area contributed by atoms with Crippen LogP contribution in [0.4, 0.5) is 5.82 Å².